The number of anilines is 1. The molecule has 104 valence electrons. The van der Waals surface area contributed by atoms with Gasteiger partial charge in [-0.15, -0.1) is 0 Å². The van der Waals surface area contributed by atoms with Crippen LogP contribution in [0, 0.1) is 6.92 Å². The third-order valence-electron chi connectivity index (χ3n) is 4.05. The summed E-state index contributed by atoms with van der Waals surface area (Å²) in [5.74, 6) is -0.299. The van der Waals surface area contributed by atoms with Gasteiger partial charge < -0.3 is 10.6 Å². The molecule has 0 unspecified atom stereocenters. The Morgan fingerprint density at radius 2 is 1.86 bits per heavy atom. The van der Waals surface area contributed by atoms with Gasteiger partial charge in [-0.2, -0.15) is 0 Å². The molecule has 0 saturated carbocycles. The number of benzene rings is 1. The largest absolute Gasteiger partial charge is 0.351 e. The van der Waals surface area contributed by atoms with Crippen molar-refractivity contribution in [2.24, 2.45) is 0 Å². The van der Waals surface area contributed by atoms with Crippen LogP contribution in [-0.4, -0.2) is 11.7 Å². The van der Waals surface area contributed by atoms with E-state index in [1.165, 1.54) is 0 Å². The van der Waals surface area contributed by atoms with E-state index in [1.807, 2.05) is 37.3 Å². The van der Waals surface area contributed by atoms with Crippen LogP contribution in [0.5, 0.6) is 0 Å². The zero-order valence-corrected chi connectivity index (χ0v) is 11.6. The Labute approximate surface area is 122 Å². The highest BCUT2D eigenvalue weighted by atomic mass is 16.2. The average molecular weight is 278 g/mol. The molecule has 0 atom stereocenters. The normalized spacial score (nSPS) is 23.1. The molecule has 4 heteroatoms. The van der Waals surface area contributed by atoms with Crippen molar-refractivity contribution in [1.29, 1.82) is 0 Å². The lowest BCUT2D eigenvalue weighted by atomic mass is 9.99. The fraction of sp³-hybridized carbons (Fsp3) is 0.176. The van der Waals surface area contributed by atoms with Crippen molar-refractivity contribution in [1.82, 2.24) is 5.32 Å². The SMILES string of the molecule is Cc1ccc2c(c1)/C(=C1/NC3=CCCC=C3C1=O)C(=O)N2. The van der Waals surface area contributed by atoms with E-state index in [-0.39, 0.29) is 11.7 Å². The van der Waals surface area contributed by atoms with E-state index < -0.39 is 0 Å². The molecule has 0 spiro atoms. The predicted octanol–water partition coefficient (Wildman–Crippen LogP) is 2.43. The highest BCUT2D eigenvalue weighted by Gasteiger charge is 2.36. The molecule has 1 aromatic rings. The number of carbonyl (C=O) groups excluding carboxylic acids is 2. The van der Waals surface area contributed by atoms with Crippen LogP contribution in [-0.2, 0) is 9.59 Å². The average Bonchev–Trinajstić information content (AvgIpc) is 2.96. The summed E-state index contributed by atoms with van der Waals surface area (Å²) in [6.45, 7) is 1.97. The van der Waals surface area contributed by atoms with Crippen molar-refractivity contribution in [2.45, 2.75) is 19.8 Å². The van der Waals surface area contributed by atoms with E-state index in [2.05, 4.69) is 10.6 Å². The molecule has 2 heterocycles. The minimum absolute atomic E-state index is 0.0829. The van der Waals surface area contributed by atoms with Crippen molar-refractivity contribution in [3.8, 4) is 0 Å². The fourth-order valence-corrected chi connectivity index (χ4v) is 3.04. The number of hydrogen-bond acceptors (Lipinski definition) is 3. The zero-order chi connectivity index (χ0) is 14.6. The van der Waals surface area contributed by atoms with Gasteiger partial charge in [-0.3, -0.25) is 9.59 Å². The topological polar surface area (TPSA) is 58.2 Å². The van der Waals surface area contributed by atoms with Crippen molar-refractivity contribution >= 4 is 23.0 Å². The van der Waals surface area contributed by atoms with Crippen LogP contribution in [0.1, 0.15) is 24.0 Å². The molecule has 21 heavy (non-hydrogen) atoms. The maximum atomic E-state index is 12.6. The van der Waals surface area contributed by atoms with Crippen molar-refractivity contribution in [3.05, 3.63) is 58.4 Å². The molecule has 1 fully saturated rings. The second kappa shape index (κ2) is 4.19. The summed E-state index contributed by atoms with van der Waals surface area (Å²) < 4.78 is 0. The number of amides is 1. The van der Waals surface area contributed by atoms with Crippen molar-refractivity contribution in [3.63, 3.8) is 0 Å². The number of fused-ring (bicyclic) bond motifs is 2. The number of allylic oxidation sites excluding steroid dienone is 4. The first-order valence-electron chi connectivity index (χ1n) is 7.04. The van der Waals surface area contributed by atoms with E-state index in [4.69, 9.17) is 0 Å². The van der Waals surface area contributed by atoms with Gasteiger partial charge in [0.1, 0.15) is 5.70 Å². The molecular formula is C17H14N2O2. The minimum atomic E-state index is -0.216. The van der Waals surface area contributed by atoms with Crippen LogP contribution < -0.4 is 10.6 Å². The Balaban J connectivity index is 1.93. The molecule has 1 amide bonds. The summed E-state index contributed by atoms with van der Waals surface area (Å²) in [6.07, 6.45) is 5.76. The lowest BCUT2D eigenvalue weighted by Gasteiger charge is -2.05. The van der Waals surface area contributed by atoms with Gasteiger partial charge in [-0.1, -0.05) is 23.8 Å². The van der Waals surface area contributed by atoms with Crippen molar-refractivity contribution in [2.75, 3.05) is 5.32 Å². The van der Waals surface area contributed by atoms with Crippen LogP contribution in [0.25, 0.3) is 5.57 Å². The molecule has 2 aliphatic heterocycles. The molecule has 4 rings (SSSR count). The number of Topliss-reactive ketones (excluding diaryl/α,β-unsaturated/α-hetero) is 1. The first-order chi connectivity index (χ1) is 10.1. The molecule has 1 saturated heterocycles. The van der Waals surface area contributed by atoms with Gasteiger partial charge in [-0.25, -0.2) is 0 Å². The quantitative estimate of drug-likeness (QED) is 0.717. The van der Waals surface area contributed by atoms with E-state index in [9.17, 15) is 9.59 Å². The zero-order valence-electron chi connectivity index (χ0n) is 11.6. The standard InChI is InChI=1S/C17H14N2O2/c1-9-6-7-13-11(8-9)14(17(21)19-13)15-16(20)10-4-2-3-5-12(10)18-15/h4-8,18H,2-3H2,1H3,(H,19,21)/b15-14-. The summed E-state index contributed by atoms with van der Waals surface area (Å²) in [5, 5.41) is 5.96. The second-order valence-electron chi connectivity index (χ2n) is 5.52. The summed E-state index contributed by atoms with van der Waals surface area (Å²) in [5.41, 5.74) is 5.01. The van der Waals surface area contributed by atoms with Gasteiger partial charge in [0.25, 0.3) is 5.91 Å². The highest BCUT2D eigenvalue weighted by molar-refractivity contribution is 6.37. The van der Waals surface area contributed by atoms with Crippen LogP contribution in [0.3, 0.4) is 0 Å². The van der Waals surface area contributed by atoms with Gasteiger partial charge in [-0.05, 0) is 31.9 Å². The lowest BCUT2D eigenvalue weighted by molar-refractivity contribution is -0.113. The van der Waals surface area contributed by atoms with Crippen LogP contribution >= 0.6 is 0 Å². The molecule has 0 bridgehead atoms. The number of carbonyl (C=O) groups is 2. The van der Waals surface area contributed by atoms with Gasteiger partial charge in [0.15, 0.2) is 0 Å². The van der Waals surface area contributed by atoms with Crippen LogP contribution in [0.4, 0.5) is 5.69 Å². The number of aryl methyl sites for hydroxylation is 1. The summed E-state index contributed by atoms with van der Waals surface area (Å²) in [7, 11) is 0. The third-order valence-corrected chi connectivity index (χ3v) is 4.05. The Bertz CT molecular complexity index is 797. The molecule has 1 aliphatic carbocycles. The number of rotatable bonds is 0. The maximum Gasteiger partial charge on any atom is 0.258 e. The van der Waals surface area contributed by atoms with E-state index in [0.717, 1.165) is 35.4 Å². The Kier molecular flexibility index (Phi) is 2.42. The van der Waals surface area contributed by atoms with E-state index >= 15 is 0 Å². The third kappa shape index (κ3) is 1.69. The molecule has 3 aliphatic rings. The maximum absolute atomic E-state index is 12.6. The van der Waals surface area contributed by atoms with Gasteiger partial charge in [0, 0.05) is 22.5 Å². The Hall–Kier alpha value is -2.62. The first kappa shape index (κ1) is 12.1. The number of ketones is 1. The highest BCUT2D eigenvalue weighted by Crippen LogP contribution is 2.38. The van der Waals surface area contributed by atoms with Gasteiger partial charge >= 0.3 is 0 Å². The van der Waals surface area contributed by atoms with Crippen LogP contribution in [0.15, 0.2) is 47.3 Å². The number of nitrogens with one attached hydrogen (secondary N) is 2. The molecular weight excluding hydrogens is 264 g/mol. The molecule has 0 radical (unpaired) electrons. The number of hydrogen-bond donors (Lipinski definition) is 2. The van der Waals surface area contributed by atoms with Gasteiger partial charge in [0.2, 0.25) is 5.78 Å². The molecule has 1 aromatic carbocycles. The Morgan fingerprint density at radius 3 is 2.67 bits per heavy atom. The summed E-state index contributed by atoms with van der Waals surface area (Å²) in [6, 6.07) is 5.76. The molecule has 0 aromatic heterocycles. The lowest BCUT2D eigenvalue weighted by Crippen LogP contribution is -2.14. The van der Waals surface area contributed by atoms with Gasteiger partial charge in [0.05, 0.1) is 5.57 Å². The van der Waals surface area contributed by atoms with Crippen LogP contribution in [0.2, 0.25) is 0 Å². The minimum Gasteiger partial charge on any atom is -0.351 e. The van der Waals surface area contributed by atoms with Crippen molar-refractivity contribution < 1.29 is 9.59 Å². The van der Waals surface area contributed by atoms with E-state index in [0.29, 0.717) is 16.8 Å². The summed E-state index contributed by atoms with van der Waals surface area (Å²) >= 11 is 0. The smallest absolute Gasteiger partial charge is 0.258 e. The predicted molar refractivity (Wildman–Crippen MR) is 80.3 cm³/mol. The monoisotopic (exact) mass is 278 g/mol. The summed E-state index contributed by atoms with van der Waals surface area (Å²) in [4.78, 5) is 24.8. The molecule has 4 nitrogen and oxygen atoms in total. The second-order valence-corrected chi connectivity index (χ2v) is 5.52. The fourth-order valence-electron chi connectivity index (χ4n) is 3.04. The Morgan fingerprint density at radius 1 is 1.05 bits per heavy atom. The van der Waals surface area contributed by atoms with E-state index in [1.54, 1.807) is 0 Å². The first-order valence-corrected chi connectivity index (χ1v) is 7.04. The molecule has 2 N–H and O–H groups in total.